The van der Waals surface area contributed by atoms with Crippen LogP contribution in [0, 0.1) is 5.41 Å². The van der Waals surface area contributed by atoms with E-state index < -0.39 is 5.41 Å². The van der Waals surface area contributed by atoms with Crippen molar-refractivity contribution in [3.63, 3.8) is 0 Å². The third-order valence-corrected chi connectivity index (χ3v) is 5.35. The highest BCUT2D eigenvalue weighted by molar-refractivity contribution is 5.76. The van der Waals surface area contributed by atoms with E-state index in [4.69, 9.17) is 9.47 Å². The normalized spacial score (nSPS) is 18.9. The third kappa shape index (κ3) is 4.85. The summed E-state index contributed by atoms with van der Waals surface area (Å²) in [7, 11) is 0. The molecule has 0 aromatic rings. The molecule has 1 unspecified atom stereocenters. The minimum absolute atomic E-state index is 0.190. The fourth-order valence-electron chi connectivity index (χ4n) is 2.66. The molecule has 23 heavy (non-hydrogen) atoms. The minimum Gasteiger partial charge on any atom is -0.460 e. The lowest BCUT2D eigenvalue weighted by molar-refractivity contribution is -0.159. The Hall–Kier alpha value is -1.26. The van der Waals surface area contributed by atoms with Gasteiger partial charge < -0.3 is 14.4 Å². The van der Waals surface area contributed by atoms with E-state index in [1.165, 1.54) is 0 Å². The van der Waals surface area contributed by atoms with E-state index >= 15 is 0 Å². The molecule has 1 saturated heterocycles. The largest absolute Gasteiger partial charge is 0.460 e. The predicted octanol–water partition coefficient (Wildman–Crippen LogP) is 4.15. The van der Waals surface area contributed by atoms with E-state index in [1.807, 2.05) is 41.5 Å². The van der Waals surface area contributed by atoms with Crippen molar-refractivity contribution in [3.05, 3.63) is 0 Å². The molecule has 0 spiro atoms. The molecule has 0 aromatic heterocycles. The van der Waals surface area contributed by atoms with Crippen LogP contribution >= 0.6 is 0 Å². The fourth-order valence-corrected chi connectivity index (χ4v) is 2.66. The zero-order chi connectivity index (χ0) is 17.7. The number of esters is 1. The van der Waals surface area contributed by atoms with Gasteiger partial charge in [0.25, 0.3) is 0 Å². The van der Waals surface area contributed by atoms with Gasteiger partial charge >= 0.3 is 12.1 Å². The molecule has 0 saturated carbocycles. The van der Waals surface area contributed by atoms with Crippen molar-refractivity contribution in [1.29, 1.82) is 0 Å². The van der Waals surface area contributed by atoms with Crippen molar-refractivity contribution in [2.75, 3.05) is 13.1 Å². The maximum atomic E-state index is 12.4. The van der Waals surface area contributed by atoms with Crippen molar-refractivity contribution in [2.45, 2.75) is 85.4 Å². The van der Waals surface area contributed by atoms with Crippen LogP contribution in [0.5, 0.6) is 0 Å². The van der Waals surface area contributed by atoms with Crippen LogP contribution in [0.2, 0.25) is 0 Å². The molecule has 134 valence electrons. The molecule has 0 radical (unpaired) electrons. The topological polar surface area (TPSA) is 55.8 Å². The summed E-state index contributed by atoms with van der Waals surface area (Å²) in [6.45, 7) is 12.9. The Morgan fingerprint density at radius 3 is 2.09 bits per heavy atom. The number of nitrogens with zero attached hydrogens (tertiary/aromatic N) is 1. The number of carbonyl (C=O) groups is 2. The molecule has 5 heteroatoms. The first-order valence-corrected chi connectivity index (χ1v) is 8.92. The van der Waals surface area contributed by atoms with Crippen molar-refractivity contribution in [1.82, 2.24) is 4.90 Å². The van der Waals surface area contributed by atoms with Crippen molar-refractivity contribution in [2.24, 2.45) is 5.41 Å². The van der Waals surface area contributed by atoms with Crippen LogP contribution in [-0.2, 0) is 14.3 Å². The van der Waals surface area contributed by atoms with Gasteiger partial charge in [-0.25, -0.2) is 4.79 Å². The number of rotatable bonds is 7. The monoisotopic (exact) mass is 327 g/mol. The summed E-state index contributed by atoms with van der Waals surface area (Å²) in [5, 5.41) is 0. The van der Waals surface area contributed by atoms with Crippen LogP contribution in [0.15, 0.2) is 0 Å². The maximum absolute atomic E-state index is 12.4. The van der Waals surface area contributed by atoms with Gasteiger partial charge in [-0.1, -0.05) is 27.7 Å². The second-order valence-electron chi connectivity index (χ2n) is 7.11. The molecule has 1 heterocycles. The van der Waals surface area contributed by atoms with Crippen molar-refractivity contribution >= 4 is 12.1 Å². The van der Waals surface area contributed by atoms with E-state index in [9.17, 15) is 9.59 Å². The smallest absolute Gasteiger partial charge is 0.410 e. The Labute approximate surface area is 140 Å². The third-order valence-electron chi connectivity index (χ3n) is 5.35. The summed E-state index contributed by atoms with van der Waals surface area (Å²) in [5.74, 6) is -0.190. The zero-order valence-corrected chi connectivity index (χ0v) is 15.6. The molecule has 5 nitrogen and oxygen atoms in total. The summed E-state index contributed by atoms with van der Waals surface area (Å²) >= 11 is 0. The first-order valence-electron chi connectivity index (χ1n) is 8.92. The Bertz CT molecular complexity index is 407. The number of hydrogen-bond acceptors (Lipinski definition) is 4. The molecule has 1 fully saturated rings. The quantitative estimate of drug-likeness (QED) is 0.659. The van der Waals surface area contributed by atoms with Gasteiger partial charge in [0.1, 0.15) is 11.7 Å². The SMILES string of the molecule is CCC(CC)(CC)OC(=O)N1CCC(OC(=O)C(C)(C)CC)C1. The first kappa shape index (κ1) is 19.8. The average Bonchev–Trinajstić information content (AvgIpc) is 3.01. The van der Waals surface area contributed by atoms with Gasteiger partial charge in [0, 0.05) is 13.0 Å². The standard InChI is InChI=1S/C18H33NO4/c1-7-17(5,6)15(20)22-14-11-12-19(13-14)16(21)23-18(8-2,9-3)10-4/h14H,7-13H2,1-6H3. The van der Waals surface area contributed by atoms with Gasteiger partial charge in [0.15, 0.2) is 0 Å². The fraction of sp³-hybridized carbons (Fsp3) is 0.889. The molecular formula is C18H33NO4. The molecule has 0 aliphatic carbocycles. The molecule has 1 aliphatic heterocycles. The molecule has 0 aromatic carbocycles. The average molecular weight is 327 g/mol. The van der Waals surface area contributed by atoms with E-state index in [-0.39, 0.29) is 23.8 Å². The number of hydrogen-bond donors (Lipinski definition) is 0. The minimum atomic E-state index is -0.476. The molecule has 1 amide bonds. The van der Waals surface area contributed by atoms with Crippen LogP contribution in [0.4, 0.5) is 4.79 Å². The van der Waals surface area contributed by atoms with Crippen LogP contribution in [0.3, 0.4) is 0 Å². The number of carbonyl (C=O) groups excluding carboxylic acids is 2. The lowest BCUT2D eigenvalue weighted by Crippen LogP contribution is -2.40. The van der Waals surface area contributed by atoms with Crippen molar-refractivity contribution < 1.29 is 19.1 Å². The zero-order valence-electron chi connectivity index (χ0n) is 15.6. The van der Waals surface area contributed by atoms with Gasteiger partial charge in [-0.3, -0.25) is 4.79 Å². The molecule has 0 bridgehead atoms. The predicted molar refractivity (Wildman–Crippen MR) is 90.2 cm³/mol. The van der Waals surface area contributed by atoms with Gasteiger partial charge in [0.05, 0.1) is 12.0 Å². The first-order chi connectivity index (χ1) is 10.7. The maximum Gasteiger partial charge on any atom is 0.410 e. The van der Waals surface area contributed by atoms with Crippen LogP contribution < -0.4 is 0 Å². The molecular weight excluding hydrogens is 294 g/mol. The van der Waals surface area contributed by atoms with Gasteiger partial charge in [-0.2, -0.15) is 0 Å². The van der Waals surface area contributed by atoms with Gasteiger partial charge in [-0.05, 0) is 39.5 Å². The Morgan fingerprint density at radius 1 is 1.04 bits per heavy atom. The Morgan fingerprint density at radius 2 is 1.61 bits per heavy atom. The summed E-state index contributed by atoms with van der Waals surface area (Å²) in [4.78, 5) is 26.2. The highest BCUT2D eigenvalue weighted by Crippen LogP contribution is 2.28. The summed E-state index contributed by atoms with van der Waals surface area (Å²) < 4.78 is 11.3. The number of amides is 1. The second kappa shape index (κ2) is 8.02. The molecule has 0 N–H and O–H groups in total. The lowest BCUT2D eigenvalue weighted by Gasteiger charge is -2.32. The highest BCUT2D eigenvalue weighted by atomic mass is 16.6. The van der Waals surface area contributed by atoms with E-state index in [0.29, 0.717) is 19.5 Å². The lowest BCUT2D eigenvalue weighted by atomic mass is 9.90. The second-order valence-corrected chi connectivity index (χ2v) is 7.11. The highest BCUT2D eigenvalue weighted by Gasteiger charge is 2.37. The molecule has 1 atom stereocenters. The number of likely N-dealkylation sites (tertiary alicyclic amines) is 1. The Kier molecular flexibility index (Phi) is 6.90. The molecule has 1 aliphatic rings. The van der Waals surface area contributed by atoms with Gasteiger partial charge in [0.2, 0.25) is 0 Å². The van der Waals surface area contributed by atoms with Crippen molar-refractivity contribution in [3.8, 4) is 0 Å². The van der Waals surface area contributed by atoms with Gasteiger partial charge in [-0.15, -0.1) is 0 Å². The van der Waals surface area contributed by atoms with Crippen LogP contribution in [0.25, 0.3) is 0 Å². The summed E-state index contributed by atoms with van der Waals surface area (Å²) in [6.07, 6.45) is 3.33. The Balaban J connectivity index is 2.57. The van der Waals surface area contributed by atoms with E-state index in [2.05, 4.69) is 0 Å². The van der Waals surface area contributed by atoms with E-state index in [0.717, 1.165) is 25.7 Å². The van der Waals surface area contributed by atoms with Crippen LogP contribution in [-0.4, -0.2) is 41.8 Å². The van der Waals surface area contributed by atoms with Crippen LogP contribution in [0.1, 0.15) is 73.6 Å². The summed E-state index contributed by atoms with van der Waals surface area (Å²) in [6, 6.07) is 0. The molecule has 1 rings (SSSR count). The van der Waals surface area contributed by atoms with E-state index in [1.54, 1.807) is 4.90 Å². The number of ether oxygens (including phenoxy) is 2. The summed E-state index contributed by atoms with van der Waals surface area (Å²) in [5.41, 5.74) is -0.855.